The van der Waals surface area contributed by atoms with Crippen molar-refractivity contribution in [3.63, 3.8) is 0 Å². The van der Waals surface area contributed by atoms with Crippen LogP contribution in [0.4, 0.5) is 5.69 Å². The van der Waals surface area contributed by atoms with Crippen LogP contribution in [0.15, 0.2) is 18.2 Å². The first-order valence-electron chi connectivity index (χ1n) is 6.49. The topological polar surface area (TPSA) is 62.1 Å². The van der Waals surface area contributed by atoms with Gasteiger partial charge in [0, 0.05) is 6.07 Å². The minimum absolute atomic E-state index is 0.0865. The minimum Gasteiger partial charge on any atom is -0.491 e. The molecule has 20 heavy (non-hydrogen) atoms. The molecule has 0 aliphatic carbocycles. The number of nitrogens with zero attached hydrogens (tertiary/aromatic N) is 1. The molecular weight excluding hydrogens is 320 g/mol. The van der Waals surface area contributed by atoms with Gasteiger partial charge in [-0.15, -0.1) is 0 Å². The number of alkyl halides is 1. The Hall–Kier alpha value is -1.54. The van der Waals surface area contributed by atoms with E-state index in [4.69, 9.17) is 4.74 Å². The summed E-state index contributed by atoms with van der Waals surface area (Å²) in [6, 6.07) is 7.16. The summed E-state index contributed by atoms with van der Waals surface area (Å²) in [5, 5.41) is 11.9. The Morgan fingerprint density at radius 1 is 1.55 bits per heavy atom. The number of nitrogens with one attached hydrogen (secondary N) is 1. The van der Waals surface area contributed by atoms with Crippen molar-refractivity contribution in [3.8, 4) is 11.8 Å². The van der Waals surface area contributed by atoms with E-state index >= 15 is 0 Å². The highest BCUT2D eigenvalue weighted by atomic mass is 79.9. The lowest BCUT2D eigenvalue weighted by Crippen LogP contribution is -2.31. The Balaban J connectivity index is 2.95. The first-order valence-corrected chi connectivity index (χ1v) is 7.28. The van der Waals surface area contributed by atoms with E-state index < -0.39 is 4.32 Å². The van der Waals surface area contributed by atoms with Crippen molar-refractivity contribution in [3.05, 3.63) is 23.8 Å². The quantitative estimate of drug-likeness (QED) is 0.829. The fraction of sp³-hybridized carbons (Fsp3) is 0.467. The van der Waals surface area contributed by atoms with E-state index in [1.807, 2.05) is 13.8 Å². The summed E-state index contributed by atoms with van der Waals surface area (Å²) in [6.07, 6.45) is 0.974. The van der Waals surface area contributed by atoms with Gasteiger partial charge in [-0.05, 0) is 39.3 Å². The second-order valence-corrected chi connectivity index (χ2v) is 7.06. The SMILES string of the molecule is CCC(C)Oc1ccc(NC(=O)C(C)(C)Br)c(C#N)c1. The van der Waals surface area contributed by atoms with Crippen LogP contribution in [-0.4, -0.2) is 16.3 Å². The molecular formula is C15H19BrN2O2. The van der Waals surface area contributed by atoms with Crippen molar-refractivity contribution in [2.24, 2.45) is 0 Å². The van der Waals surface area contributed by atoms with Crippen LogP contribution in [0, 0.1) is 11.3 Å². The summed E-state index contributed by atoms with van der Waals surface area (Å²) in [5.74, 6) is 0.427. The van der Waals surface area contributed by atoms with E-state index in [0.29, 0.717) is 17.0 Å². The number of nitriles is 1. The third-order valence-electron chi connectivity index (χ3n) is 2.81. The standard InChI is InChI=1S/C15H19BrN2O2/c1-5-10(2)20-12-6-7-13(11(8-12)9-17)18-14(19)15(3,4)16/h6-8,10H,5H2,1-4H3,(H,18,19). The fourth-order valence-corrected chi connectivity index (χ4v) is 1.48. The number of amides is 1. The zero-order valence-electron chi connectivity index (χ0n) is 12.2. The van der Waals surface area contributed by atoms with Crippen LogP contribution < -0.4 is 10.1 Å². The van der Waals surface area contributed by atoms with Crippen LogP contribution in [0.1, 0.15) is 39.7 Å². The van der Waals surface area contributed by atoms with Gasteiger partial charge in [-0.3, -0.25) is 4.79 Å². The van der Waals surface area contributed by atoms with Gasteiger partial charge >= 0.3 is 0 Å². The number of carbonyl (C=O) groups is 1. The largest absolute Gasteiger partial charge is 0.491 e. The van der Waals surface area contributed by atoms with Gasteiger partial charge < -0.3 is 10.1 Å². The van der Waals surface area contributed by atoms with Crippen molar-refractivity contribution >= 4 is 27.5 Å². The van der Waals surface area contributed by atoms with Crippen LogP contribution in [0.3, 0.4) is 0 Å². The van der Waals surface area contributed by atoms with Crippen molar-refractivity contribution in [1.82, 2.24) is 0 Å². The van der Waals surface area contributed by atoms with E-state index in [1.54, 1.807) is 32.0 Å². The minimum atomic E-state index is -0.689. The lowest BCUT2D eigenvalue weighted by atomic mass is 10.1. The van der Waals surface area contributed by atoms with Crippen LogP contribution >= 0.6 is 15.9 Å². The average Bonchev–Trinajstić information content (AvgIpc) is 2.39. The number of hydrogen-bond acceptors (Lipinski definition) is 3. The van der Waals surface area contributed by atoms with Crippen LogP contribution in [-0.2, 0) is 4.79 Å². The van der Waals surface area contributed by atoms with Gasteiger partial charge in [0.15, 0.2) is 0 Å². The van der Waals surface area contributed by atoms with Gasteiger partial charge in [0.2, 0.25) is 5.91 Å². The smallest absolute Gasteiger partial charge is 0.240 e. The average molecular weight is 339 g/mol. The molecule has 0 aliphatic rings. The van der Waals surface area contributed by atoms with E-state index in [0.717, 1.165) is 6.42 Å². The Labute approximate surface area is 128 Å². The van der Waals surface area contributed by atoms with Gasteiger partial charge in [-0.2, -0.15) is 5.26 Å². The molecule has 1 atom stereocenters. The van der Waals surface area contributed by atoms with Gasteiger partial charge in [0.25, 0.3) is 0 Å². The third kappa shape index (κ3) is 4.53. The van der Waals surface area contributed by atoms with E-state index in [2.05, 4.69) is 27.3 Å². The summed E-state index contributed by atoms with van der Waals surface area (Å²) < 4.78 is 4.97. The zero-order chi connectivity index (χ0) is 15.3. The first kappa shape index (κ1) is 16.5. The van der Waals surface area contributed by atoms with E-state index in [9.17, 15) is 10.1 Å². The highest BCUT2D eigenvalue weighted by Crippen LogP contribution is 2.25. The second-order valence-electron chi connectivity index (χ2n) is 5.08. The molecule has 0 aromatic heterocycles. The van der Waals surface area contributed by atoms with Crippen LogP contribution in [0.2, 0.25) is 0 Å². The molecule has 1 rings (SSSR count). The van der Waals surface area contributed by atoms with Crippen molar-refractivity contribution in [1.29, 1.82) is 5.26 Å². The lowest BCUT2D eigenvalue weighted by Gasteiger charge is -2.17. The summed E-state index contributed by atoms with van der Waals surface area (Å²) in [7, 11) is 0. The van der Waals surface area contributed by atoms with E-state index in [-0.39, 0.29) is 12.0 Å². The maximum atomic E-state index is 11.9. The second kappa shape index (κ2) is 6.76. The highest BCUT2D eigenvalue weighted by molar-refractivity contribution is 9.10. The number of rotatable bonds is 5. The monoisotopic (exact) mass is 338 g/mol. The zero-order valence-corrected chi connectivity index (χ0v) is 13.7. The number of anilines is 1. The van der Waals surface area contributed by atoms with E-state index in [1.165, 1.54) is 0 Å². The fourth-order valence-electron chi connectivity index (χ4n) is 1.38. The molecule has 0 saturated carbocycles. The molecule has 1 amide bonds. The van der Waals surface area contributed by atoms with Crippen molar-refractivity contribution < 1.29 is 9.53 Å². The Morgan fingerprint density at radius 3 is 2.70 bits per heavy atom. The molecule has 4 nitrogen and oxygen atoms in total. The summed E-state index contributed by atoms with van der Waals surface area (Å²) in [4.78, 5) is 11.9. The molecule has 0 bridgehead atoms. The highest BCUT2D eigenvalue weighted by Gasteiger charge is 2.24. The number of benzene rings is 1. The van der Waals surface area contributed by atoms with Crippen LogP contribution in [0.25, 0.3) is 0 Å². The summed E-state index contributed by atoms with van der Waals surface area (Å²) in [6.45, 7) is 7.49. The Morgan fingerprint density at radius 2 is 2.20 bits per heavy atom. The molecule has 5 heteroatoms. The molecule has 1 unspecified atom stereocenters. The normalized spacial score (nSPS) is 12.4. The lowest BCUT2D eigenvalue weighted by molar-refractivity contribution is -0.117. The predicted molar refractivity (Wildman–Crippen MR) is 83.2 cm³/mol. The number of halogens is 1. The maximum Gasteiger partial charge on any atom is 0.240 e. The Bertz CT molecular complexity index is 530. The number of carbonyl (C=O) groups excluding carboxylic acids is 1. The van der Waals surface area contributed by atoms with Crippen LogP contribution in [0.5, 0.6) is 5.75 Å². The number of hydrogen-bond donors (Lipinski definition) is 1. The van der Waals surface area contributed by atoms with Gasteiger partial charge in [0.1, 0.15) is 11.8 Å². The molecule has 0 spiro atoms. The molecule has 1 aromatic rings. The summed E-state index contributed by atoms with van der Waals surface area (Å²) in [5.41, 5.74) is 0.873. The number of ether oxygens (including phenoxy) is 1. The molecule has 0 saturated heterocycles. The molecule has 0 heterocycles. The third-order valence-corrected chi connectivity index (χ3v) is 3.17. The van der Waals surface area contributed by atoms with Gasteiger partial charge in [0.05, 0.1) is 21.7 Å². The molecule has 0 aliphatic heterocycles. The molecule has 0 radical (unpaired) electrons. The van der Waals surface area contributed by atoms with Crippen molar-refractivity contribution in [2.45, 2.75) is 44.5 Å². The molecule has 0 fully saturated rings. The van der Waals surface area contributed by atoms with Gasteiger partial charge in [-0.1, -0.05) is 22.9 Å². The maximum absolute atomic E-state index is 11.9. The van der Waals surface area contributed by atoms with Gasteiger partial charge in [-0.25, -0.2) is 0 Å². The molecule has 1 aromatic carbocycles. The molecule has 1 N–H and O–H groups in total. The predicted octanol–water partition coefficient (Wildman–Crippen LogP) is 3.85. The Kier molecular flexibility index (Phi) is 5.58. The van der Waals surface area contributed by atoms with Crippen molar-refractivity contribution in [2.75, 3.05) is 5.32 Å². The summed E-state index contributed by atoms with van der Waals surface area (Å²) >= 11 is 3.28. The molecule has 108 valence electrons. The first-order chi connectivity index (χ1) is 9.27.